The molecule has 6 heteroatoms. The summed E-state index contributed by atoms with van der Waals surface area (Å²) < 4.78 is 0. The van der Waals surface area contributed by atoms with Gasteiger partial charge in [-0.25, -0.2) is 0 Å². The molecule has 0 heterocycles. The maximum atomic E-state index is 11.8. The number of amides is 1. The van der Waals surface area contributed by atoms with Crippen LogP contribution in [0.4, 0.5) is 0 Å². The topological polar surface area (TPSA) is 47.9 Å². The first kappa shape index (κ1) is 20.5. The molecule has 0 atom stereocenters. The molecule has 0 unspecified atom stereocenters. The average molecular weight is 410 g/mol. The Bertz CT molecular complexity index is 316. The quantitative estimate of drug-likeness (QED) is 0.327. The number of hydrogen-bond acceptors (Lipinski definition) is 2. The zero-order valence-corrected chi connectivity index (χ0v) is 16.2. The minimum absolute atomic E-state index is 0. The third-order valence-corrected chi connectivity index (χ3v) is 3.69. The van der Waals surface area contributed by atoms with Crippen molar-refractivity contribution in [2.45, 2.75) is 38.5 Å². The average Bonchev–Trinajstić information content (AvgIpc) is 2.38. The number of guanidine groups is 1. The molecule has 0 aromatic carbocycles. The monoisotopic (exact) mass is 410 g/mol. The van der Waals surface area contributed by atoms with Crippen LogP contribution in [0, 0.1) is 5.92 Å². The van der Waals surface area contributed by atoms with Crippen LogP contribution >= 0.6 is 24.0 Å². The summed E-state index contributed by atoms with van der Waals surface area (Å²) in [6.07, 6.45) is 7.05. The molecule has 0 radical (unpaired) electrons. The van der Waals surface area contributed by atoms with E-state index >= 15 is 0 Å². The molecule has 1 fully saturated rings. The van der Waals surface area contributed by atoms with Crippen LogP contribution in [-0.4, -0.2) is 62.9 Å². The van der Waals surface area contributed by atoms with Crippen molar-refractivity contribution in [1.82, 2.24) is 15.1 Å². The van der Waals surface area contributed by atoms with Crippen molar-refractivity contribution in [2.75, 3.05) is 41.3 Å². The predicted molar refractivity (Wildman–Crippen MR) is 99.3 cm³/mol. The second-order valence-corrected chi connectivity index (χ2v) is 6.03. The van der Waals surface area contributed by atoms with Gasteiger partial charge in [0.25, 0.3) is 0 Å². The van der Waals surface area contributed by atoms with Crippen molar-refractivity contribution >= 4 is 35.8 Å². The van der Waals surface area contributed by atoms with E-state index < -0.39 is 0 Å². The van der Waals surface area contributed by atoms with Gasteiger partial charge in [-0.2, -0.15) is 0 Å². The number of nitrogens with one attached hydrogen (secondary N) is 1. The second kappa shape index (κ2) is 11.1. The summed E-state index contributed by atoms with van der Waals surface area (Å²) in [6.45, 7) is 1.25. The van der Waals surface area contributed by atoms with E-state index in [2.05, 4.69) is 10.3 Å². The third kappa shape index (κ3) is 8.48. The Morgan fingerprint density at radius 1 is 1.10 bits per heavy atom. The fourth-order valence-electron chi connectivity index (χ4n) is 2.76. The van der Waals surface area contributed by atoms with E-state index in [1.807, 2.05) is 38.0 Å². The molecular formula is C15H31IN4O. The third-order valence-electron chi connectivity index (χ3n) is 3.69. The number of halogens is 1. The number of carbonyl (C=O) groups is 1. The van der Waals surface area contributed by atoms with Gasteiger partial charge >= 0.3 is 0 Å². The Kier molecular flexibility index (Phi) is 10.8. The molecule has 1 aliphatic rings. The second-order valence-electron chi connectivity index (χ2n) is 6.03. The first-order valence-corrected chi connectivity index (χ1v) is 7.66. The molecule has 1 aliphatic carbocycles. The van der Waals surface area contributed by atoms with Gasteiger partial charge in [0, 0.05) is 41.2 Å². The van der Waals surface area contributed by atoms with E-state index in [0.29, 0.717) is 25.4 Å². The summed E-state index contributed by atoms with van der Waals surface area (Å²) in [5.74, 6) is 1.71. The molecule has 1 saturated carbocycles. The molecule has 0 aliphatic heterocycles. The number of rotatable bonds is 5. The van der Waals surface area contributed by atoms with Crippen molar-refractivity contribution in [3.05, 3.63) is 0 Å². The van der Waals surface area contributed by atoms with Crippen LogP contribution < -0.4 is 5.32 Å². The molecule has 1 rings (SSSR count). The predicted octanol–water partition coefficient (Wildman–Crippen LogP) is 2.17. The Morgan fingerprint density at radius 3 is 2.19 bits per heavy atom. The van der Waals surface area contributed by atoms with Crippen LogP contribution in [-0.2, 0) is 4.79 Å². The van der Waals surface area contributed by atoms with Crippen LogP contribution in [0.2, 0.25) is 0 Å². The number of carbonyl (C=O) groups excluding carboxylic acids is 1. The van der Waals surface area contributed by atoms with Crippen molar-refractivity contribution in [3.63, 3.8) is 0 Å². The normalized spacial score (nSPS) is 14.9. The molecule has 0 bridgehead atoms. The van der Waals surface area contributed by atoms with Gasteiger partial charge in [0.1, 0.15) is 0 Å². The minimum Gasteiger partial charge on any atom is -0.354 e. The molecule has 0 aromatic heterocycles. The molecule has 1 amide bonds. The summed E-state index contributed by atoms with van der Waals surface area (Å²) in [4.78, 5) is 20.3. The zero-order chi connectivity index (χ0) is 15.0. The lowest BCUT2D eigenvalue weighted by molar-refractivity contribution is -0.122. The van der Waals surface area contributed by atoms with Gasteiger partial charge in [-0.1, -0.05) is 19.3 Å². The molecule has 21 heavy (non-hydrogen) atoms. The highest BCUT2D eigenvalue weighted by Crippen LogP contribution is 2.25. The van der Waals surface area contributed by atoms with Crippen molar-refractivity contribution in [3.8, 4) is 0 Å². The number of nitrogens with zero attached hydrogens (tertiary/aromatic N) is 3. The van der Waals surface area contributed by atoms with Crippen LogP contribution in [0.3, 0.4) is 0 Å². The first-order valence-electron chi connectivity index (χ1n) is 7.66. The van der Waals surface area contributed by atoms with Gasteiger partial charge in [0.2, 0.25) is 5.91 Å². The molecular weight excluding hydrogens is 379 g/mol. The highest BCUT2D eigenvalue weighted by molar-refractivity contribution is 14.0. The molecule has 5 nitrogen and oxygen atoms in total. The minimum atomic E-state index is 0. The largest absolute Gasteiger partial charge is 0.354 e. The fraction of sp³-hybridized carbons (Fsp3) is 0.867. The van der Waals surface area contributed by atoms with Gasteiger partial charge in [0.15, 0.2) is 5.96 Å². The first-order chi connectivity index (χ1) is 9.50. The van der Waals surface area contributed by atoms with Crippen LogP contribution in [0.1, 0.15) is 38.5 Å². The van der Waals surface area contributed by atoms with Crippen molar-refractivity contribution in [2.24, 2.45) is 10.9 Å². The van der Waals surface area contributed by atoms with E-state index in [1.165, 1.54) is 32.1 Å². The van der Waals surface area contributed by atoms with Crippen molar-refractivity contribution in [1.29, 1.82) is 0 Å². The maximum absolute atomic E-state index is 11.8. The Labute approximate surface area is 146 Å². The summed E-state index contributed by atoms with van der Waals surface area (Å²) >= 11 is 0. The van der Waals surface area contributed by atoms with Crippen LogP contribution in [0.5, 0.6) is 0 Å². The Balaban J connectivity index is 0.00000400. The van der Waals surface area contributed by atoms with E-state index in [9.17, 15) is 4.79 Å². The number of hydrogen-bond donors (Lipinski definition) is 1. The smallest absolute Gasteiger partial charge is 0.220 e. The lowest BCUT2D eigenvalue weighted by Crippen LogP contribution is -2.36. The maximum Gasteiger partial charge on any atom is 0.220 e. The Hall–Kier alpha value is -0.530. The molecule has 0 spiro atoms. The van der Waals surface area contributed by atoms with Gasteiger partial charge in [-0.15, -0.1) is 24.0 Å². The van der Waals surface area contributed by atoms with Gasteiger partial charge < -0.3 is 15.1 Å². The SMILES string of the molecule is CN(C)C(=NCCNC(=O)CC1CCCCC1)N(C)C.I. The highest BCUT2D eigenvalue weighted by Gasteiger charge is 2.16. The van der Waals surface area contributed by atoms with E-state index in [0.717, 1.165) is 5.96 Å². The number of aliphatic imine (C=N–C) groups is 1. The van der Waals surface area contributed by atoms with E-state index in [4.69, 9.17) is 0 Å². The molecule has 0 aromatic rings. The molecule has 1 N–H and O–H groups in total. The highest BCUT2D eigenvalue weighted by atomic mass is 127. The summed E-state index contributed by atoms with van der Waals surface area (Å²) in [6, 6.07) is 0. The van der Waals surface area contributed by atoms with Gasteiger partial charge in [0.05, 0.1) is 6.54 Å². The lowest BCUT2D eigenvalue weighted by Gasteiger charge is -2.23. The van der Waals surface area contributed by atoms with Crippen molar-refractivity contribution < 1.29 is 4.79 Å². The lowest BCUT2D eigenvalue weighted by atomic mass is 9.87. The molecule has 0 saturated heterocycles. The molecule has 124 valence electrons. The standard InChI is InChI=1S/C15H30N4O.HI/c1-18(2)15(19(3)4)17-11-10-16-14(20)12-13-8-6-5-7-9-13;/h13H,5-12H2,1-4H3,(H,16,20);1H. The van der Waals surface area contributed by atoms with Crippen LogP contribution in [0.15, 0.2) is 4.99 Å². The van der Waals surface area contributed by atoms with Gasteiger partial charge in [-0.3, -0.25) is 9.79 Å². The zero-order valence-electron chi connectivity index (χ0n) is 13.9. The summed E-state index contributed by atoms with van der Waals surface area (Å²) in [5.41, 5.74) is 0. The fourth-order valence-corrected chi connectivity index (χ4v) is 2.76. The van der Waals surface area contributed by atoms with Gasteiger partial charge in [-0.05, 0) is 18.8 Å². The summed E-state index contributed by atoms with van der Waals surface area (Å²) in [7, 11) is 7.89. The van der Waals surface area contributed by atoms with E-state index in [1.54, 1.807) is 0 Å². The van der Waals surface area contributed by atoms with Crippen LogP contribution in [0.25, 0.3) is 0 Å². The summed E-state index contributed by atoms with van der Waals surface area (Å²) in [5, 5.41) is 2.98. The Morgan fingerprint density at radius 2 is 1.67 bits per heavy atom. The van der Waals surface area contributed by atoms with E-state index in [-0.39, 0.29) is 29.9 Å².